The van der Waals surface area contributed by atoms with Gasteiger partial charge in [0.25, 0.3) is 5.56 Å². The molecule has 0 aliphatic carbocycles. The number of nitrogens with one attached hydrogen (secondary N) is 1. The molecule has 0 fully saturated rings. The van der Waals surface area contributed by atoms with Crippen LogP contribution in [0.4, 0.5) is 0 Å². The Balaban J connectivity index is 2.48. The number of esters is 1. The van der Waals surface area contributed by atoms with E-state index in [1.165, 1.54) is 11.3 Å². The van der Waals surface area contributed by atoms with Crippen molar-refractivity contribution in [3.63, 3.8) is 0 Å². The second-order valence-corrected chi connectivity index (χ2v) is 6.83. The highest BCUT2D eigenvalue weighted by Crippen LogP contribution is 2.28. The molecule has 0 spiro atoms. The van der Waals surface area contributed by atoms with Crippen molar-refractivity contribution in [3.8, 4) is 0 Å². The van der Waals surface area contributed by atoms with E-state index >= 15 is 0 Å². The number of H-pyrrole nitrogens is 1. The Bertz CT molecular complexity index is 728. The molecule has 114 valence electrons. The van der Waals surface area contributed by atoms with Crippen molar-refractivity contribution >= 4 is 27.5 Å². The molecule has 0 aromatic carbocycles. The molecular formula is C15H20N2O3S. The average molecular weight is 308 g/mol. The van der Waals surface area contributed by atoms with E-state index in [0.29, 0.717) is 33.1 Å². The first-order valence-corrected chi connectivity index (χ1v) is 7.83. The molecule has 0 radical (unpaired) electrons. The van der Waals surface area contributed by atoms with Crippen LogP contribution in [0.15, 0.2) is 4.79 Å². The summed E-state index contributed by atoms with van der Waals surface area (Å²) in [6, 6.07) is 0. The van der Waals surface area contributed by atoms with Crippen LogP contribution in [0, 0.1) is 12.8 Å². The molecule has 2 aromatic heterocycles. The molecule has 0 amide bonds. The molecule has 0 aliphatic heterocycles. The summed E-state index contributed by atoms with van der Waals surface area (Å²) in [6.07, 6.45) is 0. The van der Waals surface area contributed by atoms with Crippen LogP contribution in [0.25, 0.3) is 10.2 Å². The number of carbonyl (C=O) groups excluding carboxylic acids is 1. The maximum atomic E-state index is 12.2. The minimum absolute atomic E-state index is 0.126. The number of rotatable bonds is 4. The number of hydrogen-bond acceptors (Lipinski definition) is 5. The van der Waals surface area contributed by atoms with E-state index in [1.807, 2.05) is 27.7 Å². The van der Waals surface area contributed by atoms with Crippen molar-refractivity contribution < 1.29 is 9.53 Å². The van der Waals surface area contributed by atoms with Crippen LogP contribution in [-0.2, 0) is 4.74 Å². The fraction of sp³-hybridized carbons (Fsp3) is 0.533. The van der Waals surface area contributed by atoms with Gasteiger partial charge < -0.3 is 9.72 Å². The zero-order chi connectivity index (χ0) is 15.7. The third-order valence-electron chi connectivity index (χ3n) is 3.10. The second-order valence-electron chi connectivity index (χ2n) is 5.83. The van der Waals surface area contributed by atoms with Crippen molar-refractivity contribution in [2.24, 2.45) is 5.92 Å². The van der Waals surface area contributed by atoms with Gasteiger partial charge in [-0.25, -0.2) is 9.78 Å². The first-order chi connectivity index (χ1) is 9.81. The SMILES string of the molecule is Cc1c(C(=O)OCC(C)C)sc2nc(C(C)C)[nH]c(=O)c12. The molecule has 0 saturated heterocycles. The predicted molar refractivity (Wildman–Crippen MR) is 84.2 cm³/mol. The normalized spacial score (nSPS) is 11.6. The average Bonchev–Trinajstić information content (AvgIpc) is 2.73. The lowest BCUT2D eigenvalue weighted by molar-refractivity contribution is 0.0464. The minimum atomic E-state index is -0.380. The van der Waals surface area contributed by atoms with Gasteiger partial charge in [0.05, 0.1) is 12.0 Å². The van der Waals surface area contributed by atoms with Gasteiger partial charge in [0.15, 0.2) is 0 Å². The number of hydrogen-bond donors (Lipinski definition) is 1. The molecule has 21 heavy (non-hydrogen) atoms. The Hall–Kier alpha value is -1.69. The van der Waals surface area contributed by atoms with E-state index in [2.05, 4.69) is 9.97 Å². The van der Waals surface area contributed by atoms with Crippen molar-refractivity contribution in [3.05, 3.63) is 26.6 Å². The number of aromatic amines is 1. The molecule has 6 heteroatoms. The number of aromatic nitrogens is 2. The van der Waals surface area contributed by atoms with E-state index in [-0.39, 0.29) is 23.4 Å². The van der Waals surface area contributed by atoms with Crippen LogP contribution >= 0.6 is 11.3 Å². The quantitative estimate of drug-likeness (QED) is 0.880. The summed E-state index contributed by atoms with van der Waals surface area (Å²) in [5, 5.41) is 0.487. The highest BCUT2D eigenvalue weighted by Gasteiger charge is 2.21. The fourth-order valence-corrected chi connectivity index (χ4v) is 3.02. The second kappa shape index (κ2) is 5.97. The lowest BCUT2D eigenvalue weighted by Gasteiger charge is -2.05. The summed E-state index contributed by atoms with van der Waals surface area (Å²) >= 11 is 1.22. The third kappa shape index (κ3) is 3.15. The van der Waals surface area contributed by atoms with Gasteiger partial charge >= 0.3 is 5.97 Å². The first-order valence-electron chi connectivity index (χ1n) is 7.01. The van der Waals surface area contributed by atoms with Gasteiger partial charge in [0.2, 0.25) is 0 Å². The zero-order valence-electron chi connectivity index (χ0n) is 12.9. The summed E-state index contributed by atoms with van der Waals surface area (Å²) in [5.41, 5.74) is 0.452. The van der Waals surface area contributed by atoms with Crippen LogP contribution in [0.2, 0.25) is 0 Å². The van der Waals surface area contributed by atoms with Crippen LogP contribution in [0.5, 0.6) is 0 Å². The van der Waals surface area contributed by atoms with Crippen LogP contribution in [0.1, 0.15) is 54.7 Å². The molecule has 5 nitrogen and oxygen atoms in total. The molecule has 0 saturated carbocycles. The number of thiophene rings is 1. The summed E-state index contributed by atoms with van der Waals surface area (Å²) in [7, 11) is 0. The van der Waals surface area contributed by atoms with Gasteiger partial charge in [-0.1, -0.05) is 27.7 Å². The third-order valence-corrected chi connectivity index (χ3v) is 4.26. The number of aryl methyl sites for hydroxylation is 1. The standard InChI is InChI=1S/C15H20N2O3S/c1-7(2)6-20-15(19)11-9(5)10-13(18)16-12(8(3)4)17-14(10)21-11/h7-8H,6H2,1-5H3,(H,16,17,18). The van der Waals surface area contributed by atoms with Crippen LogP contribution < -0.4 is 5.56 Å². The summed E-state index contributed by atoms with van der Waals surface area (Å²) in [4.78, 5) is 32.6. The molecule has 2 rings (SSSR count). The molecule has 2 heterocycles. The Kier molecular flexibility index (Phi) is 4.46. The maximum Gasteiger partial charge on any atom is 0.348 e. The molecule has 2 aromatic rings. The van der Waals surface area contributed by atoms with Crippen molar-refractivity contribution in [1.82, 2.24) is 9.97 Å². The smallest absolute Gasteiger partial charge is 0.348 e. The van der Waals surface area contributed by atoms with E-state index in [9.17, 15) is 9.59 Å². The number of ether oxygens (including phenoxy) is 1. The number of fused-ring (bicyclic) bond motifs is 1. The molecule has 0 unspecified atom stereocenters. The van der Waals surface area contributed by atoms with Gasteiger partial charge in [0, 0.05) is 5.92 Å². The summed E-state index contributed by atoms with van der Waals surface area (Å²) < 4.78 is 5.25. The van der Waals surface area contributed by atoms with Gasteiger partial charge in [0.1, 0.15) is 15.5 Å². The lowest BCUT2D eigenvalue weighted by atomic mass is 10.2. The first kappa shape index (κ1) is 15.7. The van der Waals surface area contributed by atoms with E-state index in [0.717, 1.165) is 0 Å². The topological polar surface area (TPSA) is 72.0 Å². The molecule has 0 aliphatic rings. The molecular weight excluding hydrogens is 288 g/mol. The van der Waals surface area contributed by atoms with E-state index in [1.54, 1.807) is 6.92 Å². The fourth-order valence-electron chi connectivity index (χ4n) is 1.94. The highest BCUT2D eigenvalue weighted by molar-refractivity contribution is 7.20. The molecule has 0 bridgehead atoms. The van der Waals surface area contributed by atoms with Gasteiger partial charge in [-0.05, 0) is 18.4 Å². The Morgan fingerprint density at radius 1 is 1.33 bits per heavy atom. The van der Waals surface area contributed by atoms with Crippen LogP contribution in [0.3, 0.4) is 0 Å². The number of carbonyl (C=O) groups is 1. The Morgan fingerprint density at radius 2 is 2.00 bits per heavy atom. The zero-order valence-corrected chi connectivity index (χ0v) is 13.8. The maximum absolute atomic E-state index is 12.2. The van der Waals surface area contributed by atoms with Gasteiger partial charge in [-0.15, -0.1) is 11.3 Å². The Morgan fingerprint density at radius 3 is 2.57 bits per heavy atom. The Labute approximate surface area is 127 Å². The molecule has 1 N–H and O–H groups in total. The van der Waals surface area contributed by atoms with Crippen molar-refractivity contribution in [2.45, 2.75) is 40.5 Å². The van der Waals surface area contributed by atoms with Gasteiger partial charge in [-0.3, -0.25) is 4.79 Å². The monoisotopic (exact) mass is 308 g/mol. The number of nitrogens with zero attached hydrogens (tertiary/aromatic N) is 1. The summed E-state index contributed by atoms with van der Waals surface area (Å²) in [5.74, 6) is 0.657. The highest BCUT2D eigenvalue weighted by atomic mass is 32.1. The van der Waals surface area contributed by atoms with Gasteiger partial charge in [-0.2, -0.15) is 0 Å². The van der Waals surface area contributed by atoms with Crippen molar-refractivity contribution in [2.75, 3.05) is 6.61 Å². The lowest BCUT2D eigenvalue weighted by Crippen LogP contribution is -2.13. The van der Waals surface area contributed by atoms with E-state index < -0.39 is 0 Å². The predicted octanol–water partition coefficient (Wildman–Crippen LogP) is 3.23. The molecule has 0 atom stereocenters. The van der Waals surface area contributed by atoms with E-state index in [4.69, 9.17) is 4.74 Å². The van der Waals surface area contributed by atoms with Crippen LogP contribution in [-0.4, -0.2) is 22.5 Å². The minimum Gasteiger partial charge on any atom is -0.461 e. The largest absolute Gasteiger partial charge is 0.461 e. The van der Waals surface area contributed by atoms with Crippen molar-refractivity contribution in [1.29, 1.82) is 0 Å². The summed E-state index contributed by atoms with van der Waals surface area (Å²) in [6.45, 7) is 10.0.